The van der Waals surface area contributed by atoms with Crippen LogP contribution in [-0.2, 0) is 14.6 Å². The molecule has 6 heteroatoms. The number of methoxy groups -OCH3 is 1. The second-order valence-electron chi connectivity index (χ2n) is 4.33. The maximum absolute atomic E-state index is 11.8. The van der Waals surface area contributed by atoms with E-state index in [1.54, 1.807) is 24.3 Å². The minimum absolute atomic E-state index is 0.159. The van der Waals surface area contributed by atoms with E-state index in [0.717, 1.165) is 5.69 Å². The number of aliphatic hydroxyl groups excluding tert-OH is 1. The zero-order valence-electron chi connectivity index (χ0n) is 11.3. The first kappa shape index (κ1) is 15.9. The van der Waals surface area contributed by atoms with E-state index in [-0.39, 0.29) is 12.4 Å². The van der Waals surface area contributed by atoms with Gasteiger partial charge in [-0.05, 0) is 30.7 Å². The summed E-state index contributed by atoms with van der Waals surface area (Å²) in [5, 5.41) is 12.5. The smallest absolute Gasteiger partial charge is 0.178 e. The van der Waals surface area contributed by atoms with Crippen LogP contribution in [0.15, 0.2) is 29.2 Å². The highest BCUT2D eigenvalue weighted by atomic mass is 32.2. The first-order valence-electron chi connectivity index (χ1n) is 6.23. The molecule has 5 nitrogen and oxygen atoms in total. The molecule has 0 radical (unpaired) electrons. The monoisotopic (exact) mass is 287 g/mol. The van der Waals surface area contributed by atoms with Gasteiger partial charge in [-0.1, -0.05) is 6.92 Å². The lowest BCUT2D eigenvalue weighted by Gasteiger charge is -2.12. The van der Waals surface area contributed by atoms with Gasteiger partial charge in [0.15, 0.2) is 9.84 Å². The molecule has 0 aromatic heterocycles. The fraction of sp³-hybridized carbons (Fsp3) is 0.538. The molecule has 1 aromatic rings. The van der Waals surface area contributed by atoms with Gasteiger partial charge in [0.25, 0.3) is 0 Å². The molecule has 1 rings (SSSR count). The number of hydrogen-bond acceptors (Lipinski definition) is 5. The maximum atomic E-state index is 11.8. The minimum atomic E-state index is -3.16. The van der Waals surface area contributed by atoms with Gasteiger partial charge < -0.3 is 15.2 Å². The molecule has 0 spiro atoms. The molecule has 0 aliphatic heterocycles. The fourth-order valence-corrected chi connectivity index (χ4v) is 2.98. The van der Waals surface area contributed by atoms with E-state index in [2.05, 4.69) is 5.32 Å². The Labute approximate surface area is 114 Å². The number of sulfone groups is 1. The SMILES string of the molecule is CCCS(=O)(=O)c1ccc(NCC(O)COC)cc1. The molecule has 0 heterocycles. The molecule has 0 saturated carbocycles. The summed E-state index contributed by atoms with van der Waals surface area (Å²) in [4.78, 5) is 0.331. The topological polar surface area (TPSA) is 75.6 Å². The standard InChI is InChI=1S/C13H21NO4S/c1-3-8-19(16,17)13-6-4-11(5-7-13)14-9-12(15)10-18-2/h4-7,12,14-15H,3,8-10H2,1-2H3. The van der Waals surface area contributed by atoms with Crippen LogP contribution in [0.3, 0.4) is 0 Å². The molecule has 0 amide bonds. The predicted octanol–water partition coefficient (Wildman–Crippen LogP) is 1.29. The summed E-state index contributed by atoms with van der Waals surface area (Å²) in [7, 11) is -1.64. The van der Waals surface area contributed by atoms with Gasteiger partial charge in [-0.2, -0.15) is 0 Å². The third-order valence-corrected chi connectivity index (χ3v) is 4.52. The largest absolute Gasteiger partial charge is 0.389 e. The molecule has 1 aromatic carbocycles. The second kappa shape index (κ2) is 7.47. The van der Waals surface area contributed by atoms with Crippen molar-refractivity contribution in [3.63, 3.8) is 0 Å². The molecule has 0 saturated heterocycles. The highest BCUT2D eigenvalue weighted by molar-refractivity contribution is 7.91. The van der Waals surface area contributed by atoms with E-state index in [4.69, 9.17) is 4.74 Å². The highest BCUT2D eigenvalue weighted by Crippen LogP contribution is 2.16. The third-order valence-electron chi connectivity index (χ3n) is 2.59. The lowest BCUT2D eigenvalue weighted by molar-refractivity contribution is 0.0727. The Balaban J connectivity index is 2.62. The van der Waals surface area contributed by atoms with Gasteiger partial charge in [-0.15, -0.1) is 0 Å². The van der Waals surface area contributed by atoms with Crippen LogP contribution in [0, 0.1) is 0 Å². The van der Waals surface area contributed by atoms with Gasteiger partial charge in [0, 0.05) is 19.3 Å². The summed E-state index contributed by atoms with van der Waals surface area (Å²) in [5.41, 5.74) is 0.769. The fourth-order valence-electron chi connectivity index (χ4n) is 1.65. The average Bonchev–Trinajstić information content (AvgIpc) is 2.37. The van der Waals surface area contributed by atoms with Gasteiger partial charge >= 0.3 is 0 Å². The molecule has 1 unspecified atom stereocenters. The van der Waals surface area contributed by atoms with E-state index >= 15 is 0 Å². The first-order chi connectivity index (χ1) is 8.99. The van der Waals surface area contributed by atoms with Crippen LogP contribution in [0.2, 0.25) is 0 Å². The molecule has 1 atom stereocenters. The summed E-state index contributed by atoms with van der Waals surface area (Å²) in [6, 6.07) is 6.55. The minimum Gasteiger partial charge on any atom is -0.389 e. The van der Waals surface area contributed by atoms with E-state index < -0.39 is 15.9 Å². The zero-order chi connectivity index (χ0) is 14.3. The normalized spacial score (nSPS) is 13.2. The Bertz CT molecular complexity index is 470. The summed E-state index contributed by atoms with van der Waals surface area (Å²) in [6.07, 6.45) is 0.0134. The van der Waals surface area contributed by atoms with Crippen LogP contribution >= 0.6 is 0 Å². The molecule has 108 valence electrons. The predicted molar refractivity (Wildman–Crippen MR) is 75.2 cm³/mol. The first-order valence-corrected chi connectivity index (χ1v) is 7.88. The molecule has 19 heavy (non-hydrogen) atoms. The number of benzene rings is 1. The van der Waals surface area contributed by atoms with Crippen LogP contribution in [0.1, 0.15) is 13.3 Å². The summed E-state index contributed by atoms with van der Waals surface area (Å²) in [5.74, 6) is 0.159. The Morgan fingerprint density at radius 3 is 2.47 bits per heavy atom. The van der Waals surface area contributed by atoms with Crippen molar-refractivity contribution in [1.29, 1.82) is 0 Å². The molecule has 0 bridgehead atoms. The number of nitrogens with one attached hydrogen (secondary N) is 1. The van der Waals surface area contributed by atoms with Crippen molar-refractivity contribution in [2.45, 2.75) is 24.3 Å². The summed E-state index contributed by atoms with van der Waals surface area (Å²) in [6.45, 7) is 2.45. The Kier molecular flexibility index (Phi) is 6.27. The van der Waals surface area contributed by atoms with E-state index in [1.807, 2.05) is 6.92 Å². The van der Waals surface area contributed by atoms with E-state index in [9.17, 15) is 13.5 Å². The van der Waals surface area contributed by atoms with Gasteiger partial charge in [-0.3, -0.25) is 0 Å². The van der Waals surface area contributed by atoms with Gasteiger partial charge in [-0.25, -0.2) is 8.42 Å². The molecular weight excluding hydrogens is 266 g/mol. The van der Waals surface area contributed by atoms with Gasteiger partial charge in [0.05, 0.1) is 23.4 Å². The second-order valence-corrected chi connectivity index (χ2v) is 6.44. The number of anilines is 1. The molecular formula is C13H21NO4S. The average molecular weight is 287 g/mol. The van der Waals surface area contributed by atoms with Crippen molar-refractivity contribution in [2.24, 2.45) is 0 Å². The van der Waals surface area contributed by atoms with Crippen molar-refractivity contribution < 1.29 is 18.3 Å². The van der Waals surface area contributed by atoms with Crippen molar-refractivity contribution in [3.05, 3.63) is 24.3 Å². The summed E-state index contributed by atoms with van der Waals surface area (Å²) < 4.78 is 28.4. The van der Waals surface area contributed by atoms with Crippen LogP contribution in [0.4, 0.5) is 5.69 Å². The number of hydrogen-bond donors (Lipinski definition) is 2. The quantitative estimate of drug-likeness (QED) is 0.753. The third kappa shape index (κ3) is 5.18. The van der Waals surface area contributed by atoms with Gasteiger partial charge in [0.2, 0.25) is 0 Å². The highest BCUT2D eigenvalue weighted by Gasteiger charge is 2.12. The number of aliphatic hydroxyl groups is 1. The Morgan fingerprint density at radius 2 is 1.95 bits per heavy atom. The van der Waals surface area contributed by atoms with Gasteiger partial charge in [0.1, 0.15) is 0 Å². The van der Waals surface area contributed by atoms with Crippen molar-refractivity contribution in [3.8, 4) is 0 Å². The lowest BCUT2D eigenvalue weighted by Crippen LogP contribution is -2.24. The van der Waals surface area contributed by atoms with Crippen LogP contribution < -0.4 is 5.32 Å². The van der Waals surface area contributed by atoms with Crippen LogP contribution in [0.25, 0.3) is 0 Å². The van der Waals surface area contributed by atoms with Crippen molar-refractivity contribution >= 4 is 15.5 Å². The van der Waals surface area contributed by atoms with Crippen LogP contribution in [-0.4, -0.2) is 45.6 Å². The maximum Gasteiger partial charge on any atom is 0.178 e. The molecule has 0 aliphatic carbocycles. The Morgan fingerprint density at radius 1 is 1.32 bits per heavy atom. The molecule has 2 N–H and O–H groups in total. The lowest BCUT2D eigenvalue weighted by atomic mass is 10.3. The number of rotatable bonds is 8. The van der Waals surface area contributed by atoms with Crippen LogP contribution in [0.5, 0.6) is 0 Å². The Hall–Kier alpha value is -1.11. The zero-order valence-corrected chi connectivity index (χ0v) is 12.1. The van der Waals surface area contributed by atoms with Crippen molar-refractivity contribution in [1.82, 2.24) is 0 Å². The molecule has 0 aliphatic rings. The summed E-state index contributed by atoms with van der Waals surface area (Å²) >= 11 is 0. The van der Waals surface area contributed by atoms with E-state index in [0.29, 0.717) is 17.9 Å². The van der Waals surface area contributed by atoms with Crippen molar-refractivity contribution in [2.75, 3.05) is 31.3 Å². The molecule has 0 fully saturated rings. The number of ether oxygens (including phenoxy) is 1. The van der Waals surface area contributed by atoms with E-state index in [1.165, 1.54) is 7.11 Å².